The van der Waals surface area contributed by atoms with E-state index < -0.39 is 0 Å². The van der Waals surface area contributed by atoms with Gasteiger partial charge >= 0.3 is 7.69 Å². The highest BCUT2D eigenvalue weighted by Gasteiger charge is 2.09. The van der Waals surface area contributed by atoms with Crippen molar-refractivity contribution in [2.45, 2.75) is 39.9 Å². The van der Waals surface area contributed by atoms with Gasteiger partial charge in [0.2, 0.25) is 0 Å². The largest absolute Gasteiger partial charge is 0.576 e. The predicted octanol–water partition coefficient (Wildman–Crippen LogP) is 5.29. The van der Waals surface area contributed by atoms with E-state index in [-0.39, 0.29) is 19.9 Å². The second-order valence-corrected chi connectivity index (χ2v) is 6.74. The van der Waals surface area contributed by atoms with E-state index in [9.17, 15) is 0 Å². The molecule has 0 aliphatic heterocycles. The van der Waals surface area contributed by atoms with Gasteiger partial charge in [0, 0.05) is 12.1 Å². The van der Waals surface area contributed by atoms with Gasteiger partial charge in [-0.25, -0.2) is 0 Å². The molecule has 0 aliphatic rings. The highest BCUT2D eigenvalue weighted by molar-refractivity contribution is 6.32. The molecular weight excluding hydrogens is 362 g/mol. The van der Waals surface area contributed by atoms with Crippen LogP contribution >= 0.6 is 23.2 Å². The summed E-state index contributed by atoms with van der Waals surface area (Å²) in [5, 5.41) is 0.980. The van der Waals surface area contributed by atoms with Crippen molar-refractivity contribution in [1.29, 1.82) is 0 Å². The van der Waals surface area contributed by atoms with E-state index in [1.54, 1.807) is 36.4 Å². The molecule has 25 heavy (non-hydrogen) atoms. The lowest BCUT2D eigenvalue weighted by atomic mass is 10.2. The van der Waals surface area contributed by atoms with Crippen LogP contribution in [0.4, 0.5) is 0 Å². The number of benzene rings is 2. The van der Waals surface area contributed by atoms with Gasteiger partial charge in [-0.05, 0) is 52.0 Å². The molecule has 0 atom stereocenters. The zero-order chi connectivity index (χ0) is 18.4. The number of rotatable bonds is 8. The van der Waals surface area contributed by atoms with Crippen molar-refractivity contribution in [1.82, 2.24) is 0 Å². The first kappa shape index (κ1) is 19.6. The lowest BCUT2D eigenvalue weighted by Gasteiger charge is -2.14. The number of halogens is 2. The van der Waals surface area contributed by atoms with Gasteiger partial charge in [-0.2, -0.15) is 0 Å². The minimum absolute atomic E-state index is 0.0292. The molecule has 0 N–H and O–H groups in total. The van der Waals surface area contributed by atoms with Crippen LogP contribution < -0.4 is 18.8 Å². The summed E-state index contributed by atoms with van der Waals surface area (Å²) in [4.78, 5) is 0. The van der Waals surface area contributed by atoms with E-state index >= 15 is 0 Å². The van der Waals surface area contributed by atoms with Gasteiger partial charge in [-0.15, -0.1) is 0 Å². The third-order valence-corrected chi connectivity index (χ3v) is 3.57. The average molecular weight is 383 g/mol. The Morgan fingerprint density at radius 1 is 0.720 bits per heavy atom. The molecule has 2 aromatic rings. The molecular formula is C18H21BCl2O4. The second-order valence-electron chi connectivity index (χ2n) is 5.92. The monoisotopic (exact) mass is 382 g/mol. The first-order chi connectivity index (χ1) is 11.8. The van der Waals surface area contributed by atoms with Gasteiger partial charge in [0.15, 0.2) is 0 Å². The van der Waals surface area contributed by atoms with Gasteiger partial charge in [-0.3, -0.25) is 0 Å². The molecule has 7 heteroatoms. The van der Waals surface area contributed by atoms with Crippen molar-refractivity contribution in [3.63, 3.8) is 0 Å². The predicted molar refractivity (Wildman–Crippen MR) is 103 cm³/mol. The summed E-state index contributed by atoms with van der Waals surface area (Å²) < 4.78 is 22.3. The van der Waals surface area contributed by atoms with E-state index in [0.717, 1.165) is 0 Å². The van der Waals surface area contributed by atoms with Crippen molar-refractivity contribution in [2.75, 3.05) is 0 Å². The molecule has 0 aromatic heterocycles. The highest BCUT2D eigenvalue weighted by atomic mass is 35.5. The van der Waals surface area contributed by atoms with E-state index in [0.29, 0.717) is 33.0 Å². The summed E-state index contributed by atoms with van der Waals surface area (Å²) in [6.45, 7) is 7.77. The summed E-state index contributed by atoms with van der Waals surface area (Å²) in [6, 6.07) is 10.5. The Balaban J connectivity index is 1.90. The maximum Gasteiger partial charge on any atom is 0.576 e. The van der Waals surface area contributed by atoms with E-state index in [1.807, 2.05) is 27.7 Å². The molecule has 0 aliphatic carbocycles. The maximum absolute atomic E-state index is 6.17. The Morgan fingerprint density at radius 2 is 1.12 bits per heavy atom. The Morgan fingerprint density at radius 3 is 1.44 bits per heavy atom. The van der Waals surface area contributed by atoms with Crippen LogP contribution in [0.1, 0.15) is 27.7 Å². The molecule has 2 rings (SSSR count). The Kier molecular flexibility index (Phi) is 7.15. The number of hydrogen-bond acceptors (Lipinski definition) is 4. The molecule has 0 saturated heterocycles. The molecule has 2 aromatic carbocycles. The van der Waals surface area contributed by atoms with Crippen LogP contribution in [0.2, 0.25) is 10.0 Å². The van der Waals surface area contributed by atoms with Crippen molar-refractivity contribution >= 4 is 30.9 Å². The lowest BCUT2D eigenvalue weighted by molar-refractivity contribution is 0.242. The van der Waals surface area contributed by atoms with Crippen LogP contribution in [-0.2, 0) is 0 Å². The normalized spacial score (nSPS) is 10.7. The molecule has 4 nitrogen and oxygen atoms in total. The zero-order valence-corrected chi connectivity index (χ0v) is 16.2. The van der Waals surface area contributed by atoms with Crippen LogP contribution in [0.25, 0.3) is 0 Å². The molecule has 0 radical (unpaired) electrons. The average Bonchev–Trinajstić information content (AvgIpc) is 2.52. The standard InChI is InChI=1S/C18H21BCl2O4/c1-11(2)22-17-7-5-13(9-15(17)20)24-19-25-14-6-8-18(16(21)10-14)23-12(3)4/h5-12,19H,1-4H3. The van der Waals surface area contributed by atoms with Crippen molar-refractivity contribution in [3.8, 4) is 23.0 Å². The molecule has 0 heterocycles. The van der Waals surface area contributed by atoms with Crippen molar-refractivity contribution < 1.29 is 18.8 Å². The van der Waals surface area contributed by atoms with Crippen LogP contribution in [0.3, 0.4) is 0 Å². The Bertz CT molecular complexity index is 648. The number of hydrogen-bond donors (Lipinski definition) is 0. The quantitative estimate of drug-likeness (QED) is 0.581. The fourth-order valence-corrected chi connectivity index (χ4v) is 2.44. The van der Waals surface area contributed by atoms with Gasteiger partial charge in [0.25, 0.3) is 0 Å². The molecule has 0 amide bonds. The lowest BCUT2D eigenvalue weighted by Crippen LogP contribution is -2.11. The first-order valence-corrected chi connectivity index (χ1v) is 8.78. The van der Waals surface area contributed by atoms with Gasteiger partial charge in [-0.1, -0.05) is 23.2 Å². The van der Waals surface area contributed by atoms with Gasteiger partial charge in [0.1, 0.15) is 23.0 Å². The summed E-state index contributed by atoms with van der Waals surface area (Å²) in [5.41, 5.74) is 0. The fraction of sp³-hybridized carbons (Fsp3) is 0.333. The Labute approximate surface area is 159 Å². The molecule has 0 unspecified atom stereocenters. The minimum Gasteiger partial charge on any atom is -0.528 e. The molecule has 0 spiro atoms. The summed E-state index contributed by atoms with van der Waals surface area (Å²) >= 11 is 12.3. The van der Waals surface area contributed by atoms with E-state index in [2.05, 4.69) is 0 Å². The topological polar surface area (TPSA) is 36.9 Å². The highest BCUT2D eigenvalue weighted by Crippen LogP contribution is 2.31. The van der Waals surface area contributed by atoms with Crippen LogP contribution in [0.15, 0.2) is 36.4 Å². The van der Waals surface area contributed by atoms with Crippen LogP contribution in [0.5, 0.6) is 23.0 Å². The van der Waals surface area contributed by atoms with E-state index in [4.69, 9.17) is 42.0 Å². The molecule has 134 valence electrons. The van der Waals surface area contributed by atoms with E-state index in [1.165, 1.54) is 0 Å². The molecule has 0 bridgehead atoms. The Hall–Kier alpha value is -1.72. The van der Waals surface area contributed by atoms with Crippen LogP contribution in [-0.4, -0.2) is 19.9 Å². The maximum atomic E-state index is 6.17. The fourth-order valence-electron chi connectivity index (χ4n) is 2.01. The third kappa shape index (κ3) is 6.26. The summed E-state index contributed by atoms with van der Waals surface area (Å²) in [5.74, 6) is 2.42. The number of ether oxygens (including phenoxy) is 2. The second kappa shape index (κ2) is 9.11. The summed E-state index contributed by atoms with van der Waals surface area (Å²) in [7, 11) is 0.0292. The smallest absolute Gasteiger partial charge is 0.528 e. The minimum atomic E-state index is 0.0292. The molecule has 0 fully saturated rings. The first-order valence-electron chi connectivity index (χ1n) is 8.03. The SMILES string of the molecule is CC(C)Oc1ccc(OBOc2ccc(OC(C)C)c(Cl)c2)cc1Cl. The third-order valence-electron chi connectivity index (χ3n) is 2.98. The van der Waals surface area contributed by atoms with Crippen molar-refractivity contribution in [3.05, 3.63) is 46.4 Å². The molecule has 0 saturated carbocycles. The summed E-state index contributed by atoms with van der Waals surface area (Å²) in [6.07, 6.45) is 0.111. The van der Waals surface area contributed by atoms with Crippen molar-refractivity contribution in [2.24, 2.45) is 0 Å². The van der Waals surface area contributed by atoms with Gasteiger partial charge in [0.05, 0.1) is 22.3 Å². The van der Waals surface area contributed by atoms with Crippen LogP contribution in [0, 0.1) is 0 Å². The van der Waals surface area contributed by atoms with Gasteiger partial charge < -0.3 is 18.8 Å². The zero-order valence-electron chi connectivity index (χ0n) is 14.7.